The Morgan fingerprint density at radius 2 is 1.01 bits per heavy atom. The molecule has 6 heterocycles. The molecule has 2 aromatic heterocycles. The molecule has 14 nitrogen and oxygen atoms in total. The number of methoxy groups -OCH3 is 2. The second-order valence-electron chi connectivity index (χ2n) is 22.3. The predicted octanol–water partition coefficient (Wildman–Crippen LogP) is 13.9. The lowest BCUT2D eigenvalue weighted by atomic mass is 9.81. The topological polar surface area (TPSA) is 152 Å². The van der Waals surface area contributed by atoms with Crippen LogP contribution < -0.4 is 10.2 Å². The first-order chi connectivity index (χ1) is 39.4. The molecule has 81 heavy (non-hydrogen) atoms. The highest BCUT2D eigenvalue weighted by atomic mass is 35.5. The van der Waals surface area contributed by atoms with Gasteiger partial charge < -0.3 is 38.6 Å². The van der Waals surface area contributed by atoms with Gasteiger partial charge in [0.05, 0.1) is 48.1 Å². The summed E-state index contributed by atoms with van der Waals surface area (Å²) >= 11 is 18.2. The first-order valence-corrected chi connectivity index (χ1v) is 30.5. The van der Waals surface area contributed by atoms with Gasteiger partial charge in [-0.15, -0.1) is 11.6 Å². The van der Waals surface area contributed by atoms with Crippen molar-refractivity contribution >= 4 is 104 Å². The Bertz CT molecular complexity index is 3340. The highest BCUT2D eigenvalue weighted by molar-refractivity contribution is 6.31. The molecule has 0 unspecified atom stereocenters. The summed E-state index contributed by atoms with van der Waals surface area (Å²) in [6, 6.07) is 23.0. The van der Waals surface area contributed by atoms with Crippen molar-refractivity contribution in [1.82, 2.24) is 18.9 Å². The molecule has 1 N–H and O–H groups in total. The minimum absolute atomic E-state index is 0.0116. The van der Waals surface area contributed by atoms with E-state index in [9.17, 15) is 28.8 Å². The Balaban J connectivity index is 0.000000159. The molecule has 6 aromatic rings. The van der Waals surface area contributed by atoms with Crippen LogP contribution in [0.1, 0.15) is 159 Å². The Morgan fingerprint density at radius 3 is 1.53 bits per heavy atom. The number of aryl methyl sites for hydroxylation is 2. The number of esters is 2. The highest BCUT2D eigenvalue weighted by Crippen LogP contribution is 2.49. The van der Waals surface area contributed by atoms with Crippen LogP contribution in [0.25, 0.3) is 44.3 Å². The van der Waals surface area contributed by atoms with Crippen molar-refractivity contribution in [3.8, 4) is 22.5 Å². The molecule has 0 bridgehead atoms. The van der Waals surface area contributed by atoms with Gasteiger partial charge in [-0.2, -0.15) is 0 Å². The first kappa shape index (κ1) is 57.9. The molecule has 0 spiro atoms. The summed E-state index contributed by atoms with van der Waals surface area (Å²) in [5, 5.41) is 6.43. The molecule has 2 saturated heterocycles. The van der Waals surface area contributed by atoms with Crippen LogP contribution in [0.2, 0.25) is 10.0 Å². The molecule has 17 heteroatoms. The van der Waals surface area contributed by atoms with Crippen molar-refractivity contribution in [3.05, 3.63) is 105 Å². The Labute approximate surface area is 489 Å². The third-order valence-electron chi connectivity index (χ3n) is 17.3. The zero-order chi connectivity index (χ0) is 56.7. The van der Waals surface area contributed by atoms with Crippen molar-refractivity contribution in [2.45, 2.75) is 141 Å². The van der Waals surface area contributed by atoms with Gasteiger partial charge >= 0.3 is 11.9 Å². The molecule has 428 valence electrons. The van der Waals surface area contributed by atoms with E-state index in [4.69, 9.17) is 44.3 Å². The van der Waals surface area contributed by atoms with Gasteiger partial charge in [0, 0.05) is 95.1 Å². The van der Waals surface area contributed by atoms with Gasteiger partial charge in [0.25, 0.3) is 0 Å². The van der Waals surface area contributed by atoms with E-state index in [-0.39, 0.29) is 54.4 Å². The fourth-order valence-electron chi connectivity index (χ4n) is 13.3. The number of rotatable bonds is 7. The SMILES string of the molecule is COC(=O)c1ccc2c(C3CCCCC3)c3n(c2c1)CCC(=O)N(CC(=O)N1CCCCC1)c1cc(Cl)ccc1-3.COC(=O)c1ccc2c(C3CCCCC3)c3n(c2c1)CCC(=O)Nc1cc(Cl)ccc1-3.O=C(CCl)N1CCCCC1. The van der Waals surface area contributed by atoms with Crippen molar-refractivity contribution in [2.75, 3.05) is 63.0 Å². The second-order valence-corrected chi connectivity index (χ2v) is 23.5. The Hall–Kier alpha value is -6.35. The van der Waals surface area contributed by atoms with Gasteiger partial charge in [-0.05, 0) is 148 Å². The van der Waals surface area contributed by atoms with Crippen LogP contribution in [-0.4, -0.2) is 107 Å². The summed E-state index contributed by atoms with van der Waals surface area (Å²) in [5.41, 5.74) is 11.0. The number of amides is 4. The first-order valence-electron chi connectivity index (χ1n) is 29.2. The molecule has 6 aliphatic rings. The molecular weight excluding hydrogens is 1090 g/mol. The van der Waals surface area contributed by atoms with Crippen molar-refractivity contribution < 1.29 is 38.2 Å². The average molecular weight is 1160 g/mol. The molecular formula is C64H73Cl3N6O8. The van der Waals surface area contributed by atoms with Crippen LogP contribution in [-0.2, 0) is 41.7 Å². The van der Waals surface area contributed by atoms with Crippen molar-refractivity contribution in [2.24, 2.45) is 0 Å². The average Bonchev–Trinajstić information content (AvgIpc) is 3.90. The number of halogens is 3. The number of piperidine rings is 2. The second kappa shape index (κ2) is 26.3. The number of likely N-dealkylation sites (tertiary alicyclic amines) is 2. The number of benzene rings is 4. The lowest BCUT2D eigenvalue weighted by molar-refractivity contribution is -0.132. The number of aromatic nitrogens is 2. The monoisotopic (exact) mass is 1160 g/mol. The predicted molar refractivity (Wildman–Crippen MR) is 321 cm³/mol. The molecule has 0 radical (unpaired) electrons. The molecule has 0 atom stereocenters. The lowest BCUT2D eigenvalue weighted by Crippen LogP contribution is -2.45. The van der Waals surface area contributed by atoms with E-state index in [1.54, 1.807) is 4.90 Å². The summed E-state index contributed by atoms with van der Waals surface area (Å²) in [5.74, 6) is 0.148. The van der Waals surface area contributed by atoms with Crippen LogP contribution in [0.3, 0.4) is 0 Å². The minimum Gasteiger partial charge on any atom is -0.465 e. The summed E-state index contributed by atoms with van der Waals surface area (Å²) in [6.07, 6.45) is 19.1. The number of hydrogen-bond acceptors (Lipinski definition) is 8. The number of anilines is 2. The summed E-state index contributed by atoms with van der Waals surface area (Å²) in [4.78, 5) is 80.7. The van der Waals surface area contributed by atoms with Crippen LogP contribution in [0.15, 0.2) is 72.8 Å². The summed E-state index contributed by atoms with van der Waals surface area (Å²) in [6.45, 7) is 4.32. The number of nitrogens with zero attached hydrogens (tertiary/aromatic N) is 5. The van der Waals surface area contributed by atoms with E-state index in [1.807, 2.05) is 82.6 Å². The van der Waals surface area contributed by atoms with Crippen LogP contribution in [0, 0.1) is 0 Å². The molecule has 4 aromatic carbocycles. The molecule has 4 aliphatic heterocycles. The van der Waals surface area contributed by atoms with Gasteiger partial charge in [0.15, 0.2) is 0 Å². The Morgan fingerprint density at radius 1 is 0.543 bits per heavy atom. The van der Waals surface area contributed by atoms with E-state index >= 15 is 0 Å². The number of alkyl halides is 1. The molecule has 4 fully saturated rings. The molecule has 2 aliphatic carbocycles. The maximum Gasteiger partial charge on any atom is 0.337 e. The van der Waals surface area contributed by atoms with E-state index in [0.717, 1.165) is 134 Å². The number of fused-ring (bicyclic) bond motifs is 10. The number of ether oxygens (including phenoxy) is 2. The van der Waals surface area contributed by atoms with Gasteiger partial charge in [-0.1, -0.05) is 73.9 Å². The number of carbonyl (C=O) groups excluding carboxylic acids is 6. The smallest absolute Gasteiger partial charge is 0.337 e. The quantitative estimate of drug-likeness (QED) is 0.122. The highest BCUT2D eigenvalue weighted by Gasteiger charge is 2.35. The van der Waals surface area contributed by atoms with Crippen molar-refractivity contribution in [1.29, 1.82) is 0 Å². The number of hydrogen-bond donors (Lipinski definition) is 1. The zero-order valence-electron chi connectivity index (χ0n) is 46.6. The fourth-order valence-corrected chi connectivity index (χ4v) is 13.8. The van der Waals surface area contributed by atoms with E-state index in [1.165, 1.54) is 70.3 Å². The minimum atomic E-state index is -0.381. The summed E-state index contributed by atoms with van der Waals surface area (Å²) in [7, 11) is 2.79. The van der Waals surface area contributed by atoms with E-state index in [0.29, 0.717) is 58.2 Å². The van der Waals surface area contributed by atoms with Crippen molar-refractivity contribution in [3.63, 3.8) is 0 Å². The number of carbonyl (C=O) groups is 6. The van der Waals surface area contributed by atoms with Gasteiger partial charge in [0.1, 0.15) is 12.4 Å². The maximum absolute atomic E-state index is 13.8. The Kier molecular flexibility index (Phi) is 18.8. The zero-order valence-corrected chi connectivity index (χ0v) is 48.9. The van der Waals surface area contributed by atoms with E-state index < -0.39 is 0 Å². The van der Waals surface area contributed by atoms with E-state index in [2.05, 4.69) is 14.5 Å². The van der Waals surface area contributed by atoms with Gasteiger partial charge in [-0.25, -0.2) is 9.59 Å². The maximum atomic E-state index is 13.8. The van der Waals surface area contributed by atoms with Crippen LogP contribution in [0.4, 0.5) is 11.4 Å². The largest absolute Gasteiger partial charge is 0.465 e. The normalized spacial score (nSPS) is 17.8. The van der Waals surface area contributed by atoms with Gasteiger partial charge in [-0.3, -0.25) is 19.2 Å². The van der Waals surface area contributed by atoms with Gasteiger partial charge in [0.2, 0.25) is 23.6 Å². The fraction of sp³-hybridized carbons (Fsp3) is 0.469. The molecule has 2 saturated carbocycles. The van der Waals surface area contributed by atoms with Crippen LogP contribution >= 0.6 is 34.8 Å². The molecule has 4 amide bonds. The standard InChI is InChI=1S/C32H36ClN3O4.C25H25ClN2O3.C7H12ClNO/c1-40-32(39)22-10-12-24-26(18-22)35-17-14-28(37)36(20-29(38)34-15-6-3-7-16-34)27-19-23(33)11-13-25(27)31(35)30(24)21-8-4-2-5-9-21;1-31-25(30)16-7-9-19-21(13-16)28-12-11-22(29)27-20-14-17(26)8-10-18(20)24(28)23(19)15-5-3-2-4-6-15;8-6-7(10)9-4-2-1-3-5-9/h10-13,18-19,21H,2-9,14-17,20H2,1H3;7-10,13-15H,2-6,11-12H2,1H3,(H,27,29);1-6H2. The van der Waals surface area contributed by atoms with Crippen LogP contribution in [0.5, 0.6) is 0 Å². The lowest BCUT2D eigenvalue weighted by Gasteiger charge is -2.33. The third-order valence-corrected chi connectivity index (χ3v) is 18.0. The third kappa shape index (κ3) is 12.5. The number of nitrogens with one attached hydrogen (secondary N) is 1. The summed E-state index contributed by atoms with van der Waals surface area (Å²) < 4.78 is 14.4. The molecule has 12 rings (SSSR count).